The van der Waals surface area contributed by atoms with E-state index in [9.17, 15) is 9.90 Å². The first kappa shape index (κ1) is 30.5. The molecule has 4 rings (SSSR count). The Hall–Kier alpha value is -3.46. The van der Waals surface area contributed by atoms with E-state index in [0.717, 1.165) is 28.7 Å². The van der Waals surface area contributed by atoms with Gasteiger partial charge in [0, 0.05) is 12.5 Å². The molecule has 2 N–H and O–H groups in total. The maximum atomic E-state index is 11.9. The molecule has 3 aromatic rings. The van der Waals surface area contributed by atoms with Crippen LogP contribution >= 0.6 is 11.6 Å². The van der Waals surface area contributed by atoms with Crippen molar-refractivity contribution in [2.24, 2.45) is 5.92 Å². The summed E-state index contributed by atoms with van der Waals surface area (Å²) in [6.07, 6.45) is 0.314. The fraction of sp³-hybridized carbons (Fsp3) is 0.406. The fourth-order valence-electron chi connectivity index (χ4n) is 4.84. The third-order valence-corrected chi connectivity index (χ3v) is 7.27. The van der Waals surface area contributed by atoms with Crippen LogP contribution in [0.25, 0.3) is 0 Å². The van der Waals surface area contributed by atoms with Crippen molar-refractivity contribution < 1.29 is 33.6 Å². The van der Waals surface area contributed by atoms with Gasteiger partial charge in [0.15, 0.2) is 11.5 Å². The van der Waals surface area contributed by atoms with Crippen LogP contribution in [0.2, 0.25) is 5.02 Å². The van der Waals surface area contributed by atoms with E-state index in [1.807, 2.05) is 49.4 Å². The lowest BCUT2D eigenvalue weighted by molar-refractivity contribution is -0.140. The summed E-state index contributed by atoms with van der Waals surface area (Å²) in [6.45, 7) is 6.62. The average molecular weight is 584 g/mol. The molecule has 0 bridgehead atoms. The second-order valence-corrected chi connectivity index (χ2v) is 10.9. The van der Waals surface area contributed by atoms with Gasteiger partial charge in [-0.1, -0.05) is 43.6 Å². The summed E-state index contributed by atoms with van der Waals surface area (Å²) in [7, 11) is 2.96. The zero-order valence-corrected chi connectivity index (χ0v) is 24.9. The zero-order valence-electron chi connectivity index (χ0n) is 24.2. The molecule has 3 aromatic carbocycles. The topological polar surface area (TPSA) is 95.5 Å². The Balaban J connectivity index is 1.62. The summed E-state index contributed by atoms with van der Waals surface area (Å²) in [6, 6.07) is 15.0. The van der Waals surface area contributed by atoms with Crippen LogP contribution < -0.4 is 24.3 Å². The number of carbonyl (C=O) groups is 1. The highest BCUT2D eigenvalue weighted by molar-refractivity contribution is 6.32. The molecule has 0 spiro atoms. The van der Waals surface area contributed by atoms with Crippen LogP contribution in [0.15, 0.2) is 48.5 Å². The Morgan fingerprint density at radius 2 is 1.88 bits per heavy atom. The van der Waals surface area contributed by atoms with Crippen LogP contribution in [0.5, 0.6) is 23.0 Å². The van der Waals surface area contributed by atoms with E-state index in [2.05, 4.69) is 19.2 Å². The number of esters is 1. The number of methoxy groups -OCH3 is 2. The Bertz CT molecular complexity index is 1360. The highest BCUT2D eigenvalue weighted by atomic mass is 35.5. The number of aliphatic hydroxyl groups excluding tert-OH is 1. The number of benzene rings is 3. The lowest BCUT2D eigenvalue weighted by atomic mass is 9.94. The average Bonchev–Trinajstić information content (AvgIpc) is 3.44. The van der Waals surface area contributed by atoms with Crippen LogP contribution in [-0.2, 0) is 22.6 Å². The van der Waals surface area contributed by atoms with Gasteiger partial charge in [-0.25, -0.2) is 0 Å². The standard InChI is InChI=1S/C32H38ClNO7/c1-19(2)12-26(23-15-28(37-4)31-29(16-23)40-18-41-31)34-32(36)24-14-21(7-8-22(24)9-11-30(35)38-5)17-39-27-13-20(3)6-10-25(27)33/h6-8,10,13-16,19,26,32,34,36H,9,11-12,17-18H2,1-5H3. The zero-order chi connectivity index (χ0) is 29.5. The smallest absolute Gasteiger partial charge is 0.305 e. The van der Waals surface area contributed by atoms with Crippen LogP contribution in [0, 0.1) is 12.8 Å². The first-order valence-corrected chi connectivity index (χ1v) is 14.0. The van der Waals surface area contributed by atoms with E-state index < -0.39 is 6.23 Å². The maximum absolute atomic E-state index is 11.9. The maximum Gasteiger partial charge on any atom is 0.305 e. The summed E-state index contributed by atoms with van der Waals surface area (Å²) < 4.78 is 27.6. The lowest BCUT2D eigenvalue weighted by Crippen LogP contribution is -2.28. The molecule has 0 aliphatic carbocycles. The van der Waals surface area contributed by atoms with Gasteiger partial charge >= 0.3 is 5.97 Å². The first-order valence-electron chi connectivity index (χ1n) is 13.7. The number of halogens is 1. The third-order valence-electron chi connectivity index (χ3n) is 6.96. The van der Waals surface area contributed by atoms with Crippen LogP contribution in [0.4, 0.5) is 0 Å². The summed E-state index contributed by atoms with van der Waals surface area (Å²) in [5.41, 5.74) is 4.29. The van der Waals surface area contributed by atoms with Crippen molar-refractivity contribution in [2.45, 2.75) is 58.9 Å². The third kappa shape index (κ3) is 7.85. The molecule has 1 aliphatic rings. The predicted molar refractivity (Wildman–Crippen MR) is 157 cm³/mol. The minimum absolute atomic E-state index is 0.131. The Morgan fingerprint density at radius 3 is 2.61 bits per heavy atom. The van der Waals surface area contributed by atoms with Crippen LogP contribution in [0.3, 0.4) is 0 Å². The van der Waals surface area contributed by atoms with Crippen molar-refractivity contribution >= 4 is 17.6 Å². The summed E-state index contributed by atoms with van der Waals surface area (Å²) >= 11 is 6.32. The van der Waals surface area contributed by atoms with E-state index in [1.54, 1.807) is 13.2 Å². The molecule has 41 heavy (non-hydrogen) atoms. The molecular formula is C32H38ClNO7. The van der Waals surface area contributed by atoms with Gasteiger partial charge in [0.25, 0.3) is 0 Å². The molecule has 2 atom stereocenters. The van der Waals surface area contributed by atoms with Crippen molar-refractivity contribution in [1.82, 2.24) is 5.32 Å². The van der Waals surface area contributed by atoms with E-state index in [1.165, 1.54) is 7.11 Å². The van der Waals surface area contributed by atoms with E-state index in [4.69, 9.17) is 35.3 Å². The molecule has 8 nitrogen and oxygen atoms in total. The molecule has 1 heterocycles. The minimum Gasteiger partial charge on any atom is -0.493 e. The van der Waals surface area contributed by atoms with E-state index in [0.29, 0.717) is 45.9 Å². The number of carbonyl (C=O) groups excluding carboxylic acids is 1. The molecule has 2 unspecified atom stereocenters. The van der Waals surface area contributed by atoms with Gasteiger partial charge in [0.2, 0.25) is 12.5 Å². The molecule has 0 radical (unpaired) electrons. The number of rotatable bonds is 13. The second-order valence-electron chi connectivity index (χ2n) is 10.5. The summed E-state index contributed by atoms with van der Waals surface area (Å²) in [5.74, 6) is 2.37. The number of aliphatic hydroxyl groups is 1. The van der Waals surface area contributed by atoms with Crippen molar-refractivity contribution in [2.75, 3.05) is 21.0 Å². The number of fused-ring (bicyclic) bond motifs is 1. The molecule has 0 saturated heterocycles. The van der Waals surface area contributed by atoms with Crippen LogP contribution in [-0.4, -0.2) is 32.1 Å². The van der Waals surface area contributed by atoms with E-state index in [-0.39, 0.29) is 31.8 Å². The van der Waals surface area contributed by atoms with Crippen molar-refractivity contribution in [3.05, 3.63) is 81.4 Å². The Labute approximate surface area is 246 Å². The van der Waals surface area contributed by atoms with Gasteiger partial charge in [0.05, 0.1) is 19.2 Å². The largest absolute Gasteiger partial charge is 0.493 e. The van der Waals surface area contributed by atoms with Crippen molar-refractivity contribution in [3.63, 3.8) is 0 Å². The molecule has 9 heteroatoms. The number of aryl methyl sites for hydroxylation is 2. The number of nitrogens with one attached hydrogen (secondary N) is 1. The number of hydrogen-bond acceptors (Lipinski definition) is 8. The van der Waals surface area contributed by atoms with Crippen LogP contribution in [0.1, 0.15) is 66.8 Å². The Morgan fingerprint density at radius 1 is 1.07 bits per heavy atom. The molecule has 0 amide bonds. The van der Waals surface area contributed by atoms with E-state index >= 15 is 0 Å². The Kier molecular flexibility index (Phi) is 10.4. The monoisotopic (exact) mass is 583 g/mol. The lowest BCUT2D eigenvalue weighted by Gasteiger charge is -2.27. The van der Waals surface area contributed by atoms with Gasteiger partial charge in [-0.3, -0.25) is 10.1 Å². The normalized spacial score (nSPS) is 13.7. The van der Waals surface area contributed by atoms with Gasteiger partial charge in [-0.15, -0.1) is 0 Å². The number of ether oxygens (including phenoxy) is 5. The van der Waals surface area contributed by atoms with Crippen molar-refractivity contribution in [3.8, 4) is 23.0 Å². The summed E-state index contributed by atoms with van der Waals surface area (Å²) in [4.78, 5) is 11.9. The quantitative estimate of drug-likeness (QED) is 0.175. The van der Waals surface area contributed by atoms with Gasteiger partial charge in [-0.05, 0) is 83.8 Å². The summed E-state index contributed by atoms with van der Waals surface area (Å²) in [5, 5.41) is 15.5. The van der Waals surface area contributed by atoms with Gasteiger partial charge < -0.3 is 28.8 Å². The predicted octanol–water partition coefficient (Wildman–Crippen LogP) is 6.44. The van der Waals surface area contributed by atoms with Gasteiger partial charge in [-0.2, -0.15) is 0 Å². The fourth-order valence-corrected chi connectivity index (χ4v) is 5.01. The molecular weight excluding hydrogens is 546 g/mol. The van der Waals surface area contributed by atoms with Crippen molar-refractivity contribution in [1.29, 1.82) is 0 Å². The molecule has 220 valence electrons. The first-order chi connectivity index (χ1) is 19.7. The molecule has 0 saturated carbocycles. The second kappa shape index (κ2) is 13.9. The molecule has 0 aromatic heterocycles. The molecule has 0 fully saturated rings. The molecule has 1 aliphatic heterocycles. The highest BCUT2D eigenvalue weighted by Crippen LogP contribution is 2.44. The minimum atomic E-state index is -1.04. The number of hydrogen-bond donors (Lipinski definition) is 2. The van der Waals surface area contributed by atoms with Gasteiger partial charge in [0.1, 0.15) is 18.6 Å². The SMILES string of the molecule is COC(=O)CCc1ccc(COc2cc(C)ccc2Cl)cc1C(O)NC(CC(C)C)c1cc(OC)c2c(c1)OCO2. The highest BCUT2D eigenvalue weighted by Gasteiger charge is 2.26.